The van der Waals surface area contributed by atoms with Crippen molar-refractivity contribution in [1.29, 1.82) is 0 Å². The van der Waals surface area contributed by atoms with Crippen molar-refractivity contribution in [2.45, 2.75) is 37.9 Å². The maximum atomic E-state index is 13.0. The Kier molecular flexibility index (Phi) is 4.31. The van der Waals surface area contributed by atoms with E-state index in [1.165, 1.54) is 19.6 Å². The summed E-state index contributed by atoms with van der Waals surface area (Å²) in [4.78, 5) is 11.2. The molecule has 0 unspecified atom stereocenters. The number of rotatable bonds is 4. The molecule has 0 radical (unpaired) electrons. The molecule has 0 aliphatic carbocycles. The van der Waals surface area contributed by atoms with Crippen molar-refractivity contribution in [3.05, 3.63) is 0 Å². The molecular formula is C8H13F6NOSi. The smallest absolute Gasteiger partial charge is 0.367 e. The van der Waals surface area contributed by atoms with Crippen molar-refractivity contribution >= 4 is 14.1 Å². The van der Waals surface area contributed by atoms with Gasteiger partial charge in [-0.15, -0.1) is 0 Å². The molecular weight excluding hydrogens is 268 g/mol. The summed E-state index contributed by atoms with van der Waals surface area (Å²) in [5.41, 5.74) is 0. The summed E-state index contributed by atoms with van der Waals surface area (Å²) in [6.45, 7) is 4.34. The van der Waals surface area contributed by atoms with Crippen molar-refractivity contribution in [2.75, 3.05) is 7.05 Å². The molecule has 0 saturated carbocycles. The van der Waals surface area contributed by atoms with Crippen LogP contribution in [0, 0.1) is 0 Å². The molecule has 0 aromatic heterocycles. The summed E-state index contributed by atoms with van der Waals surface area (Å²) in [5.74, 6) is -13.4. The van der Waals surface area contributed by atoms with Crippen molar-refractivity contribution in [2.24, 2.45) is 0 Å². The molecule has 0 spiro atoms. The van der Waals surface area contributed by atoms with Crippen molar-refractivity contribution in [1.82, 2.24) is 4.57 Å². The Morgan fingerprint density at radius 3 is 1.71 bits per heavy atom. The molecule has 0 aromatic rings. The van der Waals surface area contributed by atoms with Crippen molar-refractivity contribution in [3.63, 3.8) is 0 Å². The Bertz CT molecular complexity index is 301. The SMILES string of the molecule is CN(C(=O)C(F)(F)C(F)(F)C(F)F)[Si](C)(C)C. The molecule has 0 aromatic carbocycles. The van der Waals surface area contributed by atoms with E-state index in [2.05, 4.69) is 0 Å². The van der Waals surface area contributed by atoms with Crippen LogP contribution in [0.25, 0.3) is 0 Å². The third-order valence-corrected chi connectivity index (χ3v) is 4.49. The Balaban J connectivity index is 5.28. The second-order valence-corrected chi connectivity index (χ2v) is 9.55. The highest BCUT2D eigenvalue weighted by Gasteiger charge is 2.68. The Morgan fingerprint density at radius 1 is 1.12 bits per heavy atom. The van der Waals surface area contributed by atoms with Crippen LogP contribution in [0.3, 0.4) is 0 Å². The lowest BCUT2D eigenvalue weighted by Crippen LogP contribution is -2.60. The lowest BCUT2D eigenvalue weighted by Gasteiger charge is -2.35. The molecule has 9 heteroatoms. The van der Waals surface area contributed by atoms with Gasteiger partial charge in [-0.3, -0.25) is 4.79 Å². The van der Waals surface area contributed by atoms with Gasteiger partial charge < -0.3 is 4.57 Å². The zero-order valence-corrected chi connectivity index (χ0v) is 10.7. The Labute approximate surface area is 95.7 Å². The molecule has 17 heavy (non-hydrogen) atoms. The molecule has 0 bridgehead atoms. The molecule has 0 fully saturated rings. The van der Waals surface area contributed by atoms with E-state index in [0.29, 0.717) is 4.57 Å². The van der Waals surface area contributed by atoms with E-state index in [9.17, 15) is 31.1 Å². The number of hydrogen-bond donors (Lipinski definition) is 0. The molecule has 1 amide bonds. The molecule has 0 saturated heterocycles. The summed E-state index contributed by atoms with van der Waals surface area (Å²) in [5, 5.41) is 0. The molecule has 0 heterocycles. The van der Waals surface area contributed by atoms with Gasteiger partial charge in [-0.2, -0.15) is 17.6 Å². The summed E-state index contributed by atoms with van der Waals surface area (Å²) in [6.07, 6.45) is -4.60. The maximum Gasteiger partial charge on any atom is 0.391 e. The van der Waals surface area contributed by atoms with Crippen LogP contribution >= 0.6 is 0 Å². The van der Waals surface area contributed by atoms with Gasteiger partial charge in [0.1, 0.15) is 0 Å². The third kappa shape index (κ3) is 2.93. The van der Waals surface area contributed by atoms with E-state index in [1.54, 1.807) is 0 Å². The lowest BCUT2D eigenvalue weighted by atomic mass is 10.1. The third-order valence-electron chi connectivity index (χ3n) is 2.27. The van der Waals surface area contributed by atoms with Gasteiger partial charge in [0.2, 0.25) is 0 Å². The number of carbonyl (C=O) groups excluding carboxylic acids is 1. The predicted molar refractivity (Wildman–Crippen MR) is 52.0 cm³/mol. The number of amides is 1. The summed E-state index contributed by atoms with van der Waals surface area (Å²) >= 11 is 0. The number of hydrogen-bond acceptors (Lipinski definition) is 1. The number of alkyl halides is 6. The fraction of sp³-hybridized carbons (Fsp3) is 0.875. The average molecular weight is 281 g/mol. The first kappa shape index (κ1) is 16.3. The van der Waals surface area contributed by atoms with Crippen molar-refractivity contribution in [3.8, 4) is 0 Å². The molecule has 0 aliphatic rings. The van der Waals surface area contributed by atoms with Crippen LogP contribution in [-0.2, 0) is 4.79 Å². The van der Waals surface area contributed by atoms with E-state index < -0.39 is 32.4 Å². The maximum absolute atomic E-state index is 13.0. The highest BCUT2D eigenvalue weighted by molar-refractivity contribution is 6.75. The first-order valence-electron chi connectivity index (χ1n) is 4.58. The summed E-state index contributed by atoms with van der Waals surface area (Å²) in [7, 11) is -1.71. The van der Waals surface area contributed by atoms with Crippen LogP contribution in [-0.4, -0.2) is 44.0 Å². The molecule has 2 nitrogen and oxygen atoms in total. The monoisotopic (exact) mass is 281 g/mol. The Morgan fingerprint density at radius 2 is 1.47 bits per heavy atom. The molecule has 0 aliphatic heterocycles. The van der Waals surface area contributed by atoms with Gasteiger partial charge in [0, 0.05) is 7.05 Å². The van der Waals surface area contributed by atoms with E-state index in [1.807, 2.05) is 0 Å². The van der Waals surface area contributed by atoms with Crippen LogP contribution in [0.5, 0.6) is 0 Å². The number of carbonyl (C=O) groups is 1. The molecule has 0 rings (SSSR count). The summed E-state index contributed by atoms with van der Waals surface area (Å²) in [6, 6.07) is 0. The lowest BCUT2D eigenvalue weighted by molar-refractivity contribution is -0.257. The number of halogens is 6. The fourth-order valence-electron chi connectivity index (χ4n) is 0.795. The minimum Gasteiger partial charge on any atom is -0.367 e. The molecule has 0 atom stereocenters. The minimum absolute atomic E-state index is 0.448. The van der Waals surface area contributed by atoms with Crippen LogP contribution in [0.2, 0.25) is 19.6 Å². The zero-order chi connectivity index (χ0) is 14.2. The topological polar surface area (TPSA) is 20.3 Å². The van der Waals surface area contributed by atoms with Crippen LogP contribution in [0.15, 0.2) is 0 Å². The zero-order valence-electron chi connectivity index (χ0n) is 9.70. The van der Waals surface area contributed by atoms with E-state index in [4.69, 9.17) is 0 Å². The largest absolute Gasteiger partial charge is 0.391 e. The van der Waals surface area contributed by atoms with Gasteiger partial charge in [0.25, 0.3) is 5.91 Å². The Hall–Kier alpha value is -0.733. The van der Waals surface area contributed by atoms with Gasteiger partial charge >= 0.3 is 18.3 Å². The van der Waals surface area contributed by atoms with Gasteiger partial charge in [0.15, 0.2) is 8.24 Å². The number of nitrogens with zero attached hydrogens (tertiary/aromatic N) is 1. The van der Waals surface area contributed by atoms with E-state index >= 15 is 0 Å². The van der Waals surface area contributed by atoms with Crippen LogP contribution in [0.4, 0.5) is 26.3 Å². The predicted octanol–water partition coefficient (Wildman–Crippen LogP) is 2.82. The van der Waals surface area contributed by atoms with Gasteiger partial charge in [0.05, 0.1) is 0 Å². The van der Waals surface area contributed by atoms with Crippen molar-refractivity contribution < 1.29 is 31.1 Å². The van der Waals surface area contributed by atoms with Crippen LogP contribution < -0.4 is 0 Å². The first-order valence-corrected chi connectivity index (χ1v) is 8.03. The summed E-state index contributed by atoms with van der Waals surface area (Å²) < 4.78 is 75.4. The molecule has 102 valence electrons. The second-order valence-electron chi connectivity index (χ2n) is 4.53. The highest BCUT2D eigenvalue weighted by Crippen LogP contribution is 2.40. The normalized spacial score (nSPS) is 14.1. The molecule has 0 N–H and O–H groups in total. The minimum atomic E-state index is -5.67. The van der Waals surface area contributed by atoms with Gasteiger partial charge in [-0.05, 0) is 0 Å². The van der Waals surface area contributed by atoms with Gasteiger partial charge in [-0.1, -0.05) is 19.6 Å². The average Bonchev–Trinajstić information content (AvgIpc) is 2.13. The van der Waals surface area contributed by atoms with E-state index in [-0.39, 0.29) is 0 Å². The van der Waals surface area contributed by atoms with E-state index in [0.717, 1.165) is 7.05 Å². The second kappa shape index (κ2) is 4.50. The highest BCUT2D eigenvalue weighted by atomic mass is 28.3. The standard InChI is InChI=1S/C8H13F6NOSi/c1-15(17(2,3)4)6(16)8(13,14)7(11,12)5(9)10/h5H,1-4H3. The quantitative estimate of drug-likeness (QED) is 0.573. The van der Waals surface area contributed by atoms with Crippen LogP contribution in [0.1, 0.15) is 0 Å². The fourth-order valence-corrected chi connectivity index (χ4v) is 1.54. The van der Waals surface area contributed by atoms with Gasteiger partial charge in [-0.25, -0.2) is 8.78 Å². The first-order chi connectivity index (χ1) is 7.26.